The van der Waals surface area contributed by atoms with E-state index >= 15 is 0 Å². The molecular formula is C16H17ClN2O2. The molecule has 1 saturated carbocycles. The Kier molecular flexibility index (Phi) is 3.07. The molecule has 110 valence electrons. The van der Waals surface area contributed by atoms with E-state index in [1.165, 1.54) is 12.8 Å². The standard InChI is InChI=1S/C16H17ClN2O2/c17-12-5-6-14-15-11(12)9-13(19(15)7-8-21-14)16(20)18-10-3-1-2-4-10/h5-6,9-10H,1-4,7-8H2,(H,18,20). The molecule has 1 fully saturated rings. The van der Waals surface area contributed by atoms with Gasteiger partial charge in [-0.15, -0.1) is 0 Å². The third-order valence-electron chi connectivity index (χ3n) is 4.46. The van der Waals surface area contributed by atoms with Crippen LogP contribution in [-0.4, -0.2) is 23.1 Å². The second kappa shape index (κ2) is 4.95. The second-order valence-corrected chi connectivity index (χ2v) is 6.20. The van der Waals surface area contributed by atoms with Gasteiger partial charge in [-0.3, -0.25) is 4.79 Å². The van der Waals surface area contributed by atoms with Gasteiger partial charge in [-0.1, -0.05) is 24.4 Å². The maximum Gasteiger partial charge on any atom is 0.268 e. The molecule has 2 aromatic rings. The summed E-state index contributed by atoms with van der Waals surface area (Å²) < 4.78 is 7.70. The molecule has 4 rings (SSSR count). The highest BCUT2D eigenvalue weighted by Gasteiger charge is 2.25. The Hall–Kier alpha value is -1.68. The van der Waals surface area contributed by atoms with E-state index in [0.717, 1.165) is 29.5 Å². The summed E-state index contributed by atoms with van der Waals surface area (Å²) in [7, 11) is 0. The van der Waals surface area contributed by atoms with Gasteiger partial charge in [0.2, 0.25) is 0 Å². The third-order valence-corrected chi connectivity index (χ3v) is 4.79. The number of aromatic nitrogens is 1. The van der Waals surface area contributed by atoms with Crippen molar-refractivity contribution in [1.82, 2.24) is 9.88 Å². The summed E-state index contributed by atoms with van der Waals surface area (Å²) in [6.07, 6.45) is 4.58. The lowest BCUT2D eigenvalue weighted by molar-refractivity contribution is 0.0927. The lowest BCUT2D eigenvalue weighted by Crippen LogP contribution is -2.34. The van der Waals surface area contributed by atoms with E-state index in [-0.39, 0.29) is 5.91 Å². The Labute approximate surface area is 128 Å². The van der Waals surface area contributed by atoms with Gasteiger partial charge in [-0.25, -0.2) is 0 Å². The van der Waals surface area contributed by atoms with Gasteiger partial charge < -0.3 is 14.6 Å². The van der Waals surface area contributed by atoms with Crippen LogP contribution in [0.3, 0.4) is 0 Å². The average molecular weight is 305 g/mol. The van der Waals surface area contributed by atoms with Gasteiger partial charge in [0.1, 0.15) is 18.1 Å². The molecule has 1 amide bonds. The number of amides is 1. The number of hydrogen-bond donors (Lipinski definition) is 1. The summed E-state index contributed by atoms with van der Waals surface area (Å²) >= 11 is 6.27. The lowest BCUT2D eigenvalue weighted by Gasteiger charge is -2.19. The van der Waals surface area contributed by atoms with Crippen molar-refractivity contribution in [2.75, 3.05) is 6.61 Å². The molecular weight excluding hydrogens is 288 g/mol. The third kappa shape index (κ3) is 2.09. The molecule has 21 heavy (non-hydrogen) atoms. The van der Waals surface area contributed by atoms with Gasteiger partial charge >= 0.3 is 0 Å². The van der Waals surface area contributed by atoms with Gasteiger partial charge in [0.15, 0.2) is 0 Å². The predicted molar refractivity (Wildman–Crippen MR) is 82.2 cm³/mol. The highest BCUT2D eigenvalue weighted by molar-refractivity contribution is 6.36. The van der Waals surface area contributed by atoms with Crippen LogP contribution in [0.5, 0.6) is 5.75 Å². The minimum absolute atomic E-state index is 0.00187. The minimum Gasteiger partial charge on any atom is -0.490 e. The number of hydrogen-bond acceptors (Lipinski definition) is 2. The van der Waals surface area contributed by atoms with E-state index in [2.05, 4.69) is 5.32 Å². The molecule has 2 heterocycles. The Morgan fingerprint density at radius 1 is 1.33 bits per heavy atom. The fraction of sp³-hybridized carbons (Fsp3) is 0.438. The average Bonchev–Trinajstić information content (AvgIpc) is 3.11. The predicted octanol–water partition coefficient (Wildman–Crippen LogP) is 3.36. The van der Waals surface area contributed by atoms with Crippen LogP contribution < -0.4 is 10.1 Å². The van der Waals surface area contributed by atoms with E-state index < -0.39 is 0 Å². The zero-order chi connectivity index (χ0) is 14.4. The first-order chi connectivity index (χ1) is 10.2. The SMILES string of the molecule is O=C(NC1CCCC1)c1cc2c(Cl)ccc3c2n1CCO3. The number of carbonyl (C=O) groups excluding carboxylic acids is 1. The highest BCUT2D eigenvalue weighted by Crippen LogP contribution is 2.36. The molecule has 0 unspecified atom stereocenters. The van der Waals surface area contributed by atoms with Crippen molar-refractivity contribution >= 4 is 28.4 Å². The highest BCUT2D eigenvalue weighted by atomic mass is 35.5. The van der Waals surface area contributed by atoms with Crippen LogP contribution in [0.15, 0.2) is 18.2 Å². The number of carbonyl (C=O) groups is 1. The van der Waals surface area contributed by atoms with Crippen molar-refractivity contribution in [3.63, 3.8) is 0 Å². The van der Waals surface area contributed by atoms with Gasteiger partial charge in [0, 0.05) is 11.4 Å². The molecule has 1 N–H and O–H groups in total. The van der Waals surface area contributed by atoms with Crippen LogP contribution in [0.4, 0.5) is 0 Å². The van der Waals surface area contributed by atoms with E-state index in [1.54, 1.807) is 0 Å². The number of benzene rings is 1. The minimum atomic E-state index is 0.00187. The normalized spacial score (nSPS) is 18.0. The molecule has 0 spiro atoms. The largest absolute Gasteiger partial charge is 0.490 e. The quantitative estimate of drug-likeness (QED) is 0.924. The van der Waals surface area contributed by atoms with E-state index in [4.69, 9.17) is 16.3 Å². The summed E-state index contributed by atoms with van der Waals surface area (Å²) in [6.45, 7) is 1.27. The number of nitrogens with zero attached hydrogens (tertiary/aromatic N) is 1. The number of rotatable bonds is 2. The van der Waals surface area contributed by atoms with Gasteiger partial charge in [-0.2, -0.15) is 0 Å². The number of halogens is 1. The van der Waals surface area contributed by atoms with Crippen molar-refractivity contribution < 1.29 is 9.53 Å². The molecule has 1 aliphatic carbocycles. The maximum atomic E-state index is 12.6. The topological polar surface area (TPSA) is 43.3 Å². The molecule has 1 aromatic carbocycles. The summed E-state index contributed by atoms with van der Waals surface area (Å²) in [5, 5.41) is 4.70. The van der Waals surface area contributed by atoms with Crippen LogP contribution in [-0.2, 0) is 6.54 Å². The van der Waals surface area contributed by atoms with Gasteiger partial charge in [-0.05, 0) is 31.0 Å². The first-order valence-corrected chi connectivity index (χ1v) is 7.87. The zero-order valence-corrected chi connectivity index (χ0v) is 12.4. The Morgan fingerprint density at radius 3 is 2.95 bits per heavy atom. The van der Waals surface area contributed by atoms with Crippen LogP contribution in [0.25, 0.3) is 10.9 Å². The monoisotopic (exact) mass is 304 g/mol. The molecule has 0 atom stereocenters. The van der Waals surface area contributed by atoms with Crippen molar-refractivity contribution in [3.8, 4) is 5.75 Å². The summed E-state index contributed by atoms with van der Waals surface area (Å²) in [4.78, 5) is 12.6. The summed E-state index contributed by atoms with van der Waals surface area (Å²) in [5.41, 5.74) is 1.62. The van der Waals surface area contributed by atoms with Crippen molar-refractivity contribution in [2.45, 2.75) is 38.3 Å². The molecule has 5 heteroatoms. The summed E-state index contributed by atoms with van der Waals surface area (Å²) in [6, 6.07) is 5.91. The maximum absolute atomic E-state index is 12.6. The first kappa shape index (κ1) is 13.0. The van der Waals surface area contributed by atoms with E-state index in [1.807, 2.05) is 22.8 Å². The second-order valence-electron chi connectivity index (χ2n) is 5.79. The van der Waals surface area contributed by atoms with Gasteiger partial charge in [0.25, 0.3) is 5.91 Å². The molecule has 1 aromatic heterocycles. The smallest absolute Gasteiger partial charge is 0.268 e. The van der Waals surface area contributed by atoms with Crippen molar-refractivity contribution in [1.29, 1.82) is 0 Å². The Bertz CT molecular complexity index is 717. The molecule has 0 radical (unpaired) electrons. The first-order valence-electron chi connectivity index (χ1n) is 7.49. The Balaban J connectivity index is 1.77. The van der Waals surface area contributed by atoms with Crippen molar-refractivity contribution in [3.05, 3.63) is 28.9 Å². The zero-order valence-electron chi connectivity index (χ0n) is 11.7. The number of nitrogens with one attached hydrogen (secondary N) is 1. The molecule has 0 saturated heterocycles. The van der Waals surface area contributed by atoms with Crippen LogP contribution in [0.2, 0.25) is 5.02 Å². The van der Waals surface area contributed by atoms with Crippen LogP contribution in [0, 0.1) is 0 Å². The Morgan fingerprint density at radius 2 is 2.14 bits per heavy atom. The molecule has 0 bridgehead atoms. The summed E-state index contributed by atoms with van der Waals surface area (Å²) in [5.74, 6) is 0.808. The van der Waals surface area contributed by atoms with E-state index in [9.17, 15) is 4.79 Å². The van der Waals surface area contributed by atoms with E-state index in [0.29, 0.717) is 29.9 Å². The van der Waals surface area contributed by atoms with Gasteiger partial charge in [0.05, 0.1) is 17.1 Å². The number of ether oxygens (including phenoxy) is 1. The molecule has 4 nitrogen and oxygen atoms in total. The van der Waals surface area contributed by atoms with Crippen LogP contribution >= 0.6 is 11.6 Å². The molecule has 1 aliphatic heterocycles. The lowest BCUT2D eigenvalue weighted by atomic mass is 10.2. The van der Waals surface area contributed by atoms with Crippen molar-refractivity contribution in [2.24, 2.45) is 0 Å². The van der Waals surface area contributed by atoms with Crippen LogP contribution in [0.1, 0.15) is 36.2 Å². The fourth-order valence-electron chi connectivity index (χ4n) is 3.43. The molecule has 2 aliphatic rings. The fourth-order valence-corrected chi connectivity index (χ4v) is 3.63.